The molecule has 0 aliphatic carbocycles. The first-order chi connectivity index (χ1) is 16.8. The second-order valence-corrected chi connectivity index (χ2v) is 9.08. The fourth-order valence-electron chi connectivity index (χ4n) is 4.60. The molecule has 0 radical (unpaired) electrons. The predicted molar refractivity (Wildman–Crippen MR) is 144 cm³/mol. The Morgan fingerprint density at radius 1 is 0.771 bits per heavy atom. The molecular weight excluding hydrogens is 434 g/mol. The average Bonchev–Trinajstić information content (AvgIpc) is 3.08. The maximum atomic E-state index is 13.9. The van der Waals surface area contributed by atoms with Crippen molar-refractivity contribution in [3.63, 3.8) is 0 Å². The number of amides is 2. The second-order valence-electron chi connectivity index (χ2n) is 9.08. The Balaban J connectivity index is 1.68. The molecule has 0 saturated heterocycles. The number of nitrogens with zero attached hydrogens (tertiary/aromatic N) is 2. The van der Waals surface area contributed by atoms with Gasteiger partial charge in [0.1, 0.15) is 5.70 Å². The third kappa shape index (κ3) is 3.95. The number of benzene rings is 4. The van der Waals surface area contributed by atoms with Gasteiger partial charge in [-0.2, -0.15) is 0 Å². The van der Waals surface area contributed by atoms with Crippen molar-refractivity contribution in [2.24, 2.45) is 0 Å². The van der Waals surface area contributed by atoms with Gasteiger partial charge in [0, 0.05) is 30.9 Å². The van der Waals surface area contributed by atoms with Crippen LogP contribution in [0.25, 0.3) is 16.3 Å². The van der Waals surface area contributed by atoms with E-state index in [1.54, 1.807) is 6.07 Å². The number of hydrogen-bond donors (Lipinski definition) is 1. The summed E-state index contributed by atoms with van der Waals surface area (Å²) >= 11 is 0. The number of aryl methyl sites for hydroxylation is 2. The summed E-state index contributed by atoms with van der Waals surface area (Å²) in [6.45, 7) is 3.99. The minimum absolute atomic E-state index is 0.286. The number of imide groups is 1. The largest absolute Gasteiger partial charge is 0.378 e. The molecule has 0 unspecified atom stereocenters. The first-order valence-corrected chi connectivity index (χ1v) is 11.6. The van der Waals surface area contributed by atoms with Crippen LogP contribution in [0.5, 0.6) is 0 Å². The lowest BCUT2D eigenvalue weighted by atomic mass is 9.97. The Morgan fingerprint density at radius 3 is 2.29 bits per heavy atom. The molecule has 1 aliphatic rings. The molecular formula is C30H27N3O2. The SMILES string of the molecule is Cc1ccc(C2=C(Nc3cccc4ccccc34)C(=O)N(c3cccc(N(C)C)c3)C2=O)c(C)c1. The highest BCUT2D eigenvalue weighted by molar-refractivity contribution is 6.46. The van der Waals surface area contributed by atoms with Crippen molar-refractivity contribution in [3.05, 3.63) is 107 Å². The Morgan fingerprint density at radius 2 is 1.51 bits per heavy atom. The van der Waals surface area contributed by atoms with Crippen molar-refractivity contribution in [2.45, 2.75) is 13.8 Å². The molecule has 1 heterocycles. The number of carbonyl (C=O) groups excluding carboxylic acids is 2. The fourth-order valence-corrected chi connectivity index (χ4v) is 4.60. The standard InChI is InChI=1S/C30H27N3O2/c1-19-15-16-24(20(2)17-19)27-28(31-26-14-7-10-21-9-5-6-13-25(21)26)30(35)33(29(27)34)23-12-8-11-22(18-23)32(3)4/h5-18,31H,1-4H3. The number of rotatable bonds is 5. The van der Waals surface area contributed by atoms with E-state index in [0.717, 1.165) is 38.8 Å². The van der Waals surface area contributed by atoms with Gasteiger partial charge in [-0.1, -0.05) is 66.2 Å². The molecule has 5 heteroatoms. The highest BCUT2D eigenvalue weighted by atomic mass is 16.2. The molecule has 2 amide bonds. The molecule has 0 aromatic heterocycles. The third-order valence-electron chi connectivity index (χ3n) is 6.39. The van der Waals surface area contributed by atoms with E-state index in [2.05, 4.69) is 5.32 Å². The number of nitrogens with one attached hydrogen (secondary N) is 1. The van der Waals surface area contributed by atoms with Crippen LogP contribution in [0.1, 0.15) is 16.7 Å². The topological polar surface area (TPSA) is 52.7 Å². The lowest BCUT2D eigenvalue weighted by molar-refractivity contribution is -0.120. The van der Waals surface area contributed by atoms with Gasteiger partial charge in [-0.25, -0.2) is 4.90 Å². The first kappa shape index (κ1) is 22.4. The highest BCUT2D eigenvalue weighted by Gasteiger charge is 2.41. The summed E-state index contributed by atoms with van der Waals surface area (Å²) in [4.78, 5) is 31.0. The Bertz CT molecular complexity index is 1510. The maximum absolute atomic E-state index is 13.9. The fraction of sp³-hybridized carbons (Fsp3) is 0.133. The van der Waals surface area contributed by atoms with Crippen molar-refractivity contribution in [1.82, 2.24) is 0 Å². The molecule has 5 rings (SSSR count). The van der Waals surface area contributed by atoms with Crippen molar-refractivity contribution in [3.8, 4) is 0 Å². The number of carbonyl (C=O) groups is 2. The van der Waals surface area contributed by atoms with E-state index in [1.807, 2.05) is 112 Å². The summed E-state index contributed by atoms with van der Waals surface area (Å²) in [5.41, 5.74) is 5.71. The number of hydrogen-bond acceptors (Lipinski definition) is 4. The van der Waals surface area contributed by atoms with E-state index >= 15 is 0 Å². The van der Waals surface area contributed by atoms with Crippen LogP contribution in [0.3, 0.4) is 0 Å². The zero-order valence-electron chi connectivity index (χ0n) is 20.3. The molecule has 0 spiro atoms. The zero-order chi connectivity index (χ0) is 24.7. The van der Waals surface area contributed by atoms with Crippen molar-refractivity contribution < 1.29 is 9.59 Å². The highest BCUT2D eigenvalue weighted by Crippen LogP contribution is 2.37. The van der Waals surface area contributed by atoms with Gasteiger partial charge in [-0.05, 0) is 54.6 Å². The van der Waals surface area contributed by atoms with Gasteiger partial charge in [-0.3, -0.25) is 9.59 Å². The van der Waals surface area contributed by atoms with Crippen LogP contribution < -0.4 is 15.1 Å². The van der Waals surface area contributed by atoms with Crippen molar-refractivity contribution in [1.29, 1.82) is 0 Å². The molecule has 0 fully saturated rings. The molecule has 1 aliphatic heterocycles. The van der Waals surface area contributed by atoms with Crippen LogP contribution in [0.4, 0.5) is 17.1 Å². The van der Waals surface area contributed by atoms with E-state index in [4.69, 9.17) is 0 Å². The van der Waals surface area contributed by atoms with E-state index in [0.29, 0.717) is 11.3 Å². The normalized spacial score (nSPS) is 13.7. The lowest BCUT2D eigenvalue weighted by Gasteiger charge is -2.19. The third-order valence-corrected chi connectivity index (χ3v) is 6.39. The quantitative estimate of drug-likeness (QED) is 0.375. The molecule has 35 heavy (non-hydrogen) atoms. The van der Waals surface area contributed by atoms with Gasteiger partial charge in [0.25, 0.3) is 11.8 Å². The van der Waals surface area contributed by atoms with Crippen LogP contribution >= 0.6 is 0 Å². The van der Waals surface area contributed by atoms with Crippen LogP contribution in [-0.4, -0.2) is 25.9 Å². The summed E-state index contributed by atoms with van der Waals surface area (Å²) in [6, 6.07) is 27.3. The van der Waals surface area contributed by atoms with Crippen molar-refractivity contribution in [2.75, 3.05) is 29.2 Å². The molecule has 174 valence electrons. The zero-order valence-corrected chi connectivity index (χ0v) is 20.3. The lowest BCUT2D eigenvalue weighted by Crippen LogP contribution is -2.32. The Labute approximate surface area is 205 Å². The Kier molecular flexibility index (Phi) is 5.61. The Hall–Kier alpha value is -4.38. The summed E-state index contributed by atoms with van der Waals surface area (Å²) in [7, 11) is 3.86. The maximum Gasteiger partial charge on any atom is 0.282 e. The minimum atomic E-state index is -0.367. The summed E-state index contributed by atoms with van der Waals surface area (Å²) in [5, 5.41) is 5.39. The van der Waals surface area contributed by atoms with Crippen LogP contribution in [0.15, 0.2) is 90.6 Å². The number of anilines is 3. The van der Waals surface area contributed by atoms with Gasteiger partial charge in [0.2, 0.25) is 0 Å². The van der Waals surface area contributed by atoms with Crippen LogP contribution in [-0.2, 0) is 9.59 Å². The van der Waals surface area contributed by atoms with E-state index in [9.17, 15) is 9.59 Å². The number of fused-ring (bicyclic) bond motifs is 1. The molecule has 1 N–H and O–H groups in total. The first-order valence-electron chi connectivity index (χ1n) is 11.6. The van der Waals surface area contributed by atoms with Gasteiger partial charge in [-0.15, -0.1) is 0 Å². The van der Waals surface area contributed by atoms with E-state index < -0.39 is 0 Å². The van der Waals surface area contributed by atoms with Crippen molar-refractivity contribution >= 4 is 45.2 Å². The average molecular weight is 462 g/mol. The smallest absolute Gasteiger partial charge is 0.282 e. The summed E-state index contributed by atoms with van der Waals surface area (Å²) in [5.74, 6) is -0.700. The van der Waals surface area contributed by atoms with Gasteiger partial charge >= 0.3 is 0 Å². The summed E-state index contributed by atoms with van der Waals surface area (Å²) in [6.07, 6.45) is 0. The molecule has 0 atom stereocenters. The molecule has 4 aromatic rings. The van der Waals surface area contributed by atoms with Gasteiger partial charge < -0.3 is 10.2 Å². The summed E-state index contributed by atoms with van der Waals surface area (Å²) < 4.78 is 0. The second kappa shape index (κ2) is 8.76. The van der Waals surface area contributed by atoms with Crippen LogP contribution in [0.2, 0.25) is 0 Å². The molecule has 0 bridgehead atoms. The van der Waals surface area contributed by atoms with Gasteiger partial charge in [0.05, 0.1) is 11.3 Å². The minimum Gasteiger partial charge on any atom is -0.378 e. The molecule has 5 nitrogen and oxygen atoms in total. The molecule has 4 aromatic carbocycles. The predicted octanol–water partition coefficient (Wildman–Crippen LogP) is 5.92. The monoisotopic (exact) mass is 461 g/mol. The van der Waals surface area contributed by atoms with E-state index in [1.165, 1.54) is 4.90 Å². The van der Waals surface area contributed by atoms with E-state index in [-0.39, 0.29) is 17.5 Å². The van der Waals surface area contributed by atoms with Crippen LogP contribution in [0, 0.1) is 13.8 Å². The molecule has 0 saturated carbocycles. The van der Waals surface area contributed by atoms with Gasteiger partial charge in [0.15, 0.2) is 0 Å².